The van der Waals surface area contributed by atoms with Crippen molar-refractivity contribution < 1.29 is 39.0 Å². The molecule has 6 atom stereocenters. The molecule has 5 amide bonds. The highest BCUT2D eigenvalue weighted by Crippen LogP contribution is 2.11. The average Bonchev–Trinajstić information content (AvgIpc) is 2.78. The maximum atomic E-state index is 13.0. The zero-order chi connectivity index (χ0) is 28.2. The van der Waals surface area contributed by atoms with Gasteiger partial charge in [-0.25, -0.2) is 4.79 Å². The fraction of sp³-hybridized carbons (Fsp3) is 0.727. The molecule has 0 aromatic heterocycles. The number of carboxylic acid groups (broad SMARTS) is 1. The van der Waals surface area contributed by atoms with Crippen LogP contribution in [0.25, 0.3) is 0 Å². The van der Waals surface area contributed by atoms with Gasteiger partial charge in [-0.1, -0.05) is 34.1 Å². The maximum Gasteiger partial charge on any atom is 0.328 e. The lowest BCUT2D eigenvalue weighted by Gasteiger charge is -2.28. The Labute approximate surface area is 210 Å². The van der Waals surface area contributed by atoms with E-state index in [0.717, 1.165) is 0 Å². The molecular weight excluding hydrogens is 476 g/mol. The van der Waals surface area contributed by atoms with Crippen LogP contribution in [0.2, 0.25) is 0 Å². The van der Waals surface area contributed by atoms with Crippen molar-refractivity contribution >= 4 is 35.5 Å². The van der Waals surface area contributed by atoms with E-state index in [2.05, 4.69) is 16.0 Å². The molecule has 0 heterocycles. The van der Waals surface area contributed by atoms with Crippen molar-refractivity contribution in [3.05, 3.63) is 0 Å². The minimum absolute atomic E-state index is 0.146. The van der Waals surface area contributed by atoms with Gasteiger partial charge in [-0.3, -0.25) is 24.0 Å². The average molecular weight is 517 g/mol. The third-order valence-electron chi connectivity index (χ3n) is 5.44. The summed E-state index contributed by atoms with van der Waals surface area (Å²) >= 11 is 0. The second-order valence-corrected chi connectivity index (χ2v) is 9.15. The topological polar surface area (TPSA) is 243 Å². The number of rotatable bonds is 16. The third-order valence-corrected chi connectivity index (χ3v) is 5.44. The minimum Gasteiger partial charge on any atom is -0.480 e. The van der Waals surface area contributed by atoms with Crippen molar-refractivity contribution in [2.24, 2.45) is 23.3 Å². The number of nitrogens with two attached hydrogens (primary N) is 2. The van der Waals surface area contributed by atoms with Crippen molar-refractivity contribution in [3.63, 3.8) is 0 Å². The molecule has 0 rings (SSSR count). The lowest BCUT2D eigenvalue weighted by atomic mass is 9.96. The summed E-state index contributed by atoms with van der Waals surface area (Å²) in [4.78, 5) is 73.0. The number of carbonyl (C=O) groups excluding carboxylic acids is 5. The Morgan fingerprint density at radius 2 is 1.36 bits per heavy atom. The zero-order valence-corrected chi connectivity index (χ0v) is 21.4. The molecule has 0 saturated heterocycles. The molecule has 0 fully saturated rings. The van der Waals surface area contributed by atoms with Crippen LogP contribution in [0.1, 0.15) is 53.9 Å². The quantitative estimate of drug-likeness (QED) is 0.106. The molecule has 0 aliphatic rings. The molecule has 10 N–H and O–H groups in total. The number of aliphatic hydroxyl groups excluding tert-OH is 1. The third kappa shape index (κ3) is 11.4. The molecule has 0 saturated carbocycles. The van der Waals surface area contributed by atoms with E-state index >= 15 is 0 Å². The number of amides is 5. The highest BCUT2D eigenvalue weighted by Gasteiger charge is 2.33. The van der Waals surface area contributed by atoms with Gasteiger partial charge in [-0.15, -0.1) is 0 Å². The number of aliphatic hydroxyl groups is 1. The molecule has 0 radical (unpaired) electrons. The molecule has 0 aliphatic heterocycles. The summed E-state index contributed by atoms with van der Waals surface area (Å²) in [7, 11) is 0. The number of primary amides is 1. The van der Waals surface area contributed by atoms with Gasteiger partial charge >= 0.3 is 5.97 Å². The van der Waals surface area contributed by atoms with Crippen LogP contribution in [-0.4, -0.2) is 82.5 Å². The molecule has 0 aromatic carbocycles. The SMILES string of the molecule is CC[C@H](C)[C@H](NC(=O)[C@@H](N)CC(C)C)C(=O)N[C@@H](CC(N)=O)C(=O)N[C@@H](C)C(=O)N[C@@H](CO)C(=O)O. The molecule has 0 unspecified atom stereocenters. The molecule has 0 aliphatic carbocycles. The molecule has 206 valence electrons. The van der Waals surface area contributed by atoms with Crippen molar-refractivity contribution in [2.45, 2.75) is 84.1 Å². The van der Waals surface area contributed by atoms with Crippen molar-refractivity contribution in [3.8, 4) is 0 Å². The molecule has 0 aromatic rings. The van der Waals surface area contributed by atoms with Gasteiger partial charge in [-0.05, 0) is 25.2 Å². The maximum absolute atomic E-state index is 13.0. The Balaban J connectivity index is 5.52. The van der Waals surface area contributed by atoms with Gasteiger partial charge < -0.3 is 42.9 Å². The van der Waals surface area contributed by atoms with Crippen LogP contribution in [0.5, 0.6) is 0 Å². The predicted octanol–water partition coefficient (Wildman–Crippen LogP) is -2.68. The van der Waals surface area contributed by atoms with Crippen LogP contribution in [0.3, 0.4) is 0 Å². The molecule has 14 heteroatoms. The van der Waals surface area contributed by atoms with E-state index in [-0.39, 0.29) is 11.8 Å². The van der Waals surface area contributed by atoms with E-state index in [1.165, 1.54) is 6.92 Å². The van der Waals surface area contributed by atoms with Crippen molar-refractivity contribution in [1.82, 2.24) is 21.3 Å². The first-order chi connectivity index (χ1) is 16.6. The Bertz CT molecular complexity index is 805. The van der Waals surface area contributed by atoms with Gasteiger partial charge in [-0.2, -0.15) is 0 Å². The Hall–Kier alpha value is -3.26. The molecular formula is C22H40N6O8. The van der Waals surface area contributed by atoms with E-state index in [0.29, 0.717) is 12.8 Å². The fourth-order valence-electron chi connectivity index (χ4n) is 3.11. The summed E-state index contributed by atoms with van der Waals surface area (Å²) in [6, 6.07) is -6.25. The summed E-state index contributed by atoms with van der Waals surface area (Å²) in [6.07, 6.45) is 0.290. The van der Waals surface area contributed by atoms with Crippen molar-refractivity contribution in [2.75, 3.05) is 6.61 Å². The zero-order valence-electron chi connectivity index (χ0n) is 21.4. The van der Waals surface area contributed by atoms with E-state index in [1.807, 2.05) is 19.2 Å². The van der Waals surface area contributed by atoms with E-state index in [4.69, 9.17) is 21.7 Å². The smallest absolute Gasteiger partial charge is 0.328 e. The van der Waals surface area contributed by atoms with Gasteiger partial charge in [0, 0.05) is 0 Å². The standard InChI is InChI=1S/C22H40N6O8/c1-6-11(4)17(28-19(32)13(23)7-10(2)3)21(34)26-14(8-16(24)30)20(33)25-12(5)18(31)27-15(9-29)22(35)36/h10-15,17,29H,6-9,23H2,1-5H3,(H2,24,30)(H,25,33)(H,26,34)(H,27,31)(H,28,32)(H,35,36)/t11-,12-,13-,14-,15-,17-/m0/s1. The summed E-state index contributed by atoms with van der Waals surface area (Å²) < 4.78 is 0. The summed E-state index contributed by atoms with van der Waals surface area (Å²) in [5.41, 5.74) is 11.1. The fourth-order valence-corrected chi connectivity index (χ4v) is 3.11. The van der Waals surface area contributed by atoms with Crippen LogP contribution in [0, 0.1) is 11.8 Å². The predicted molar refractivity (Wildman–Crippen MR) is 129 cm³/mol. The highest BCUT2D eigenvalue weighted by atomic mass is 16.4. The first-order valence-electron chi connectivity index (χ1n) is 11.7. The first-order valence-corrected chi connectivity index (χ1v) is 11.7. The Kier molecular flexibility index (Phi) is 14.3. The molecule has 36 heavy (non-hydrogen) atoms. The second-order valence-electron chi connectivity index (χ2n) is 9.15. The number of nitrogens with one attached hydrogen (secondary N) is 4. The van der Waals surface area contributed by atoms with Gasteiger partial charge in [0.15, 0.2) is 0 Å². The first kappa shape index (κ1) is 32.7. The van der Waals surface area contributed by atoms with Crippen molar-refractivity contribution in [1.29, 1.82) is 0 Å². The van der Waals surface area contributed by atoms with Crippen LogP contribution in [0.15, 0.2) is 0 Å². The number of hydrogen-bond acceptors (Lipinski definition) is 8. The number of aliphatic carboxylic acids is 1. The van der Waals surface area contributed by atoms with E-state index in [9.17, 15) is 28.8 Å². The Morgan fingerprint density at radius 3 is 1.81 bits per heavy atom. The van der Waals surface area contributed by atoms with Crippen LogP contribution in [0.4, 0.5) is 0 Å². The van der Waals surface area contributed by atoms with Gasteiger partial charge in [0.1, 0.15) is 24.2 Å². The van der Waals surface area contributed by atoms with Gasteiger partial charge in [0.05, 0.1) is 19.1 Å². The highest BCUT2D eigenvalue weighted by molar-refractivity contribution is 5.97. The number of carbonyl (C=O) groups is 6. The normalized spacial score (nSPS) is 16.0. The van der Waals surface area contributed by atoms with Crippen LogP contribution < -0.4 is 32.7 Å². The summed E-state index contributed by atoms with van der Waals surface area (Å²) in [5.74, 6) is -5.75. The molecule has 14 nitrogen and oxygen atoms in total. The monoisotopic (exact) mass is 516 g/mol. The summed E-state index contributed by atoms with van der Waals surface area (Å²) in [5, 5.41) is 27.3. The van der Waals surface area contributed by atoms with Crippen LogP contribution >= 0.6 is 0 Å². The molecule has 0 spiro atoms. The van der Waals surface area contributed by atoms with Crippen LogP contribution in [-0.2, 0) is 28.8 Å². The van der Waals surface area contributed by atoms with Gasteiger partial charge in [0.2, 0.25) is 29.5 Å². The number of hydrogen-bond donors (Lipinski definition) is 8. The second kappa shape index (κ2) is 15.7. The van der Waals surface area contributed by atoms with E-state index in [1.54, 1.807) is 13.8 Å². The molecule has 0 bridgehead atoms. The lowest BCUT2D eigenvalue weighted by molar-refractivity contribution is -0.143. The largest absolute Gasteiger partial charge is 0.480 e. The van der Waals surface area contributed by atoms with Gasteiger partial charge in [0.25, 0.3) is 0 Å². The summed E-state index contributed by atoms with van der Waals surface area (Å²) in [6.45, 7) is 7.68. The Morgan fingerprint density at radius 1 is 0.806 bits per heavy atom. The van der Waals surface area contributed by atoms with E-state index < -0.39 is 78.7 Å². The minimum atomic E-state index is -1.58. The lowest BCUT2D eigenvalue weighted by Crippen LogP contribution is -2.59. The number of carboxylic acids is 1.